The largest absolute Gasteiger partial charge is 0.346 e. The number of aryl methyl sites for hydroxylation is 2. The van der Waals surface area contributed by atoms with Gasteiger partial charge in [0.15, 0.2) is 0 Å². The van der Waals surface area contributed by atoms with Crippen molar-refractivity contribution in [3.05, 3.63) is 17.7 Å². The van der Waals surface area contributed by atoms with Gasteiger partial charge in [0.1, 0.15) is 5.82 Å². The van der Waals surface area contributed by atoms with E-state index in [0.717, 1.165) is 6.42 Å². The molecule has 2 heteroatoms. The van der Waals surface area contributed by atoms with Gasteiger partial charge in [-0.15, -0.1) is 0 Å². The Morgan fingerprint density at radius 1 is 0.640 bits per heavy atom. The Morgan fingerprint density at radius 2 is 1.04 bits per heavy atom. The smallest absolute Gasteiger partial charge is 0.106 e. The van der Waals surface area contributed by atoms with Gasteiger partial charge in [-0.3, -0.25) is 0 Å². The van der Waals surface area contributed by atoms with Gasteiger partial charge in [0.25, 0.3) is 0 Å². The molecule has 0 atom stereocenters. The molecule has 1 aromatic rings. The molecule has 0 fully saturated rings. The number of hydrogen-bond donors (Lipinski definition) is 1. The second-order valence-electron chi connectivity index (χ2n) is 7.92. The molecule has 0 bridgehead atoms. The summed E-state index contributed by atoms with van der Waals surface area (Å²) >= 11 is 0. The number of imidazole rings is 1. The number of aromatic amines is 1. The number of aromatic nitrogens is 2. The van der Waals surface area contributed by atoms with Crippen molar-refractivity contribution in [3.8, 4) is 0 Å². The van der Waals surface area contributed by atoms with Crippen molar-refractivity contribution in [1.29, 1.82) is 0 Å². The summed E-state index contributed by atoms with van der Waals surface area (Å²) in [4.78, 5) is 7.69. The van der Waals surface area contributed by atoms with Crippen molar-refractivity contribution in [1.82, 2.24) is 9.97 Å². The Labute approximate surface area is 157 Å². The Morgan fingerprint density at radius 3 is 1.40 bits per heavy atom. The summed E-state index contributed by atoms with van der Waals surface area (Å²) in [5.74, 6) is 1.17. The summed E-state index contributed by atoms with van der Waals surface area (Å²) in [6.07, 6.45) is 27.4. The fourth-order valence-electron chi connectivity index (χ4n) is 3.61. The van der Waals surface area contributed by atoms with Gasteiger partial charge in [0, 0.05) is 18.3 Å². The van der Waals surface area contributed by atoms with Crippen molar-refractivity contribution in [3.63, 3.8) is 0 Å². The van der Waals surface area contributed by atoms with Crippen molar-refractivity contribution >= 4 is 0 Å². The third-order valence-electron chi connectivity index (χ3n) is 5.27. The fourth-order valence-corrected chi connectivity index (χ4v) is 3.61. The molecule has 0 aromatic carbocycles. The van der Waals surface area contributed by atoms with E-state index < -0.39 is 0 Å². The van der Waals surface area contributed by atoms with Crippen LogP contribution in [0, 0.1) is 6.92 Å². The van der Waals surface area contributed by atoms with Crippen LogP contribution in [0.15, 0.2) is 6.20 Å². The van der Waals surface area contributed by atoms with Crippen molar-refractivity contribution in [2.24, 2.45) is 0 Å². The molecular weight excluding hydrogens is 304 g/mol. The van der Waals surface area contributed by atoms with E-state index in [1.54, 1.807) is 0 Å². The van der Waals surface area contributed by atoms with E-state index in [2.05, 4.69) is 23.8 Å². The van der Waals surface area contributed by atoms with Crippen LogP contribution in [-0.4, -0.2) is 9.97 Å². The number of rotatable bonds is 18. The van der Waals surface area contributed by atoms with E-state index in [-0.39, 0.29) is 0 Å². The maximum absolute atomic E-state index is 4.37. The Bertz CT molecular complexity index is 383. The second kappa shape index (κ2) is 16.7. The summed E-state index contributed by atoms with van der Waals surface area (Å²) in [5, 5.41) is 0. The average Bonchev–Trinajstić information content (AvgIpc) is 3.03. The van der Waals surface area contributed by atoms with Crippen LogP contribution >= 0.6 is 0 Å². The van der Waals surface area contributed by atoms with E-state index in [0.29, 0.717) is 0 Å². The Hall–Kier alpha value is -0.790. The van der Waals surface area contributed by atoms with Crippen molar-refractivity contribution in [2.45, 2.75) is 129 Å². The zero-order chi connectivity index (χ0) is 18.0. The molecule has 1 heterocycles. The highest BCUT2D eigenvalue weighted by Gasteiger charge is 1.98. The molecule has 25 heavy (non-hydrogen) atoms. The van der Waals surface area contributed by atoms with E-state index in [1.807, 2.05) is 6.20 Å². The summed E-state index contributed by atoms with van der Waals surface area (Å²) in [6, 6.07) is 0. The van der Waals surface area contributed by atoms with Gasteiger partial charge in [-0.1, -0.05) is 110 Å². The summed E-state index contributed by atoms with van der Waals surface area (Å²) < 4.78 is 0. The molecule has 0 aliphatic rings. The molecule has 146 valence electrons. The van der Waals surface area contributed by atoms with E-state index in [9.17, 15) is 0 Å². The van der Waals surface area contributed by atoms with E-state index >= 15 is 0 Å². The van der Waals surface area contributed by atoms with Crippen LogP contribution in [0.2, 0.25) is 0 Å². The van der Waals surface area contributed by atoms with Crippen LogP contribution < -0.4 is 0 Å². The number of hydrogen-bond acceptors (Lipinski definition) is 1. The molecule has 1 rings (SSSR count). The zero-order valence-electron chi connectivity index (χ0n) is 17.3. The van der Waals surface area contributed by atoms with Gasteiger partial charge in [-0.25, -0.2) is 4.98 Å². The molecule has 0 spiro atoms. The number of unbranched alkanes of at least 4 members (excludes halogenated alkanes) is 16. The predicted molar refractivity (Wildman–Crippen MR) is 111 cm³/mol. The summed E-state index contributed by atoms with van der Waals surface area (Å²) in [5.41, 5.74) is 1.18. The third-order valence-corrected chi connectivity index (χ3v) is 5.27. The fraction of sp³-hybridized carbons (Fsp3) is 0.870. The first-order valence-corrected chi connectivity index (χ1v) is 11.3. The van der Waals surface area contributed by atoms with Crippen LogP contribution in [0.1, 0.15) is 128 Å². The monoisotopic (exact) mass is 348 g/mol. The van der Waals surface area contributed by atoms with Gasteiger partial charge in [-0.2, -0.15) is 0 Å². The van der Waals surface area contributed by atoms with Crippen LogP contribution in [-0.2, 0) is 6.42 Å². The maximum Gasteiger partial charge on any atom is 0.106 e. The summed E-state index contributed by atoms with van der Waals surface area (Å²) in [7, 11) is 0. The number of nitrogens with zero attached hydrogens (tertiary/aromatic N) is 1. The highest BCUT2D eigenvalue weighted by Crippen LogP contribution is 2.14. The Balaban J connectivity index is 1.69. The molecule has 0 amide bonds. The highest BCUT2D eigenvalue weighted by atomic mass is 14.9. The van der Waals surface area contributed by atoms with Crippen LogP contribution in [0.4, 0.5) is 0 Å². The zero-order valence-corrected chi connectivity index (χ0v) is 17.3. The topological polar surface area (TPSA) is 28.7 Å². The first-order chi connectivity index (χ1) is 12.3. The molecular formula is C23H44N2. The van der Waals surface area contributed by atoms with Gasteiger partial charge < -0.3 is 4.98 Å². The first-order valence-electron chi connectivity index (χ1n) is 11.3. The second-order valence-corrected chi connectivity index (χ2v) is 7.92. The maximum atomic E-state index is 4.37. The molecule has 1 aromatic heterocycles. The quantitative estimate of drug-likeness (QED) is 0.268. The molecule has 0 radical (unpaired) electrons. The lowest BCUT2D eigenvalue weighted by Gasteiger charge is -2.03. The third kappa shape index (κ3) is 14.1. The first kappa shape index (κ1) is 22.3. The normalized spacial score (nSPS) is 11.3. The standard InChI is InChI=1S/C23H44N2/c1-3-4-5-6-7-8-9-10-11-12-13-14-15-16-17-18-19-20-23-24-21-22(2)25-23/h21H,3-20H2,1-2H3,(H,24,25). The minimum absolute atomic E-state index is 1.12. The van der Waals surface area contributed by atoms with Gasteiger partial charge >= 0.3 is 0 Å². The number of nitrogens with one attached hydrogen (secondary N) is 1. The minimum Gasteiger partial charge on any atom is -0.346 e. The molecule has 0 saturated heterocycles. The Kier molecular flexibility index (Phi) is 14.8. The van der Waals surface area contributed by atoms with Crippen molar-refractivity contribution < 1.29 is 0 Å². The molecule has 2 nitrogen and oxygen atoms in total. The molecule has 0 saturated carbocycles. The predicted octanol–water partition coefficient (Wildman–Crippen LogP) is 7.91. The van der Waals surface area contributed by atoms with Gasteiger partial charge in [-0.05, 0) is 13.3 Å². The highest BCUT2D eigenvalue weighted by molar-refractivity contribution is 4.98. The minimum atomic E-state index is 1.12. The summed E-state index contributed by atoms with van der Waals surface area (Å²) in [6.45, 7) is 4.37. The van der Waals surface area contributed by atoms with E-state index in [4.69, 9.17) is 0 Å². The molecule has 0 aliphatic heterocycles. The molecule has 0 aliphatic carbocycles. The van der Waals surface area contributed by atoms with Crippen molar-refractivity contribution in [2.75, 3.05) is 0 Å². The van der Waals surface area contributed by atoms with Gasteiger partial charge in [0.05, 0.1) is 0 Å². The lowest BCUT2D eigenvalue weighted by Crippen LogP contribution is -1.89. The number of H-pyrrole nitrogens is 1. The molecule has 0 unspecified atom stereocenters. The van der Waals surface area contributed by atoms with Gasteiger partial charge in [0.2, 0.25) is 0 Å². The van der Waals surface area contributed by atoms with E-state index in [1.165, 1.54) is 121 Å². The lowest BCUT2D eigenvalue weighted by atomic mass is 10.0. The average molecular weight is 349 g/mol. The van der Waals surface area contributed by atoms with Crippen LogP contribution in [0.25, 0.3) is 0 Å². The van der Waals surface area contributed by atoms with Crippen LogP contribution in [0.5, 0.6) is 0 Å². The molecule has 1 N–H and O–H groups in total. The van der Waals surface area contributed by atoms with Crippen LogP contribution in [0.3, 0.4) is 0 Å². The SMILES string of the molecule is CCCCCCCCCCCCCCCCCCCc1ncc(C)[nH]1. The lowest BCUT2D eigenvalue weighted by molar-refractivity contribution is 0.526.